The molecule has 2 bridgehead atoms. The number of nitriles is 1. The molecular formula is C36H33F2N5O2. The van der Waals surface area contributed by atoms with Gasteiger partial charge in [-0.3, -0.25) is 4.90 Å². The molecule has 4 atom stereocenters. The van der Waals surface area contributed by atoms with E-state index in [1.165, 1.54) is 6.07 Å². The summed E-state index contributed by atoms with van der Waals surface area (Å²) in [6, 6.07) is 14.7. The van der Waals surface area contributed by atoms with Crippen molar-refractivity contribution in [1.29, 1.82) is 5.26 Å². The van der Waals surface area contributed by atoms with Crippen LogP contribution in [0.2, 0.25) is 0 Å². The van der Waals surface area contributed by atoms with Crippen molar-refractivity contribution in [2.45, 2.75) is 43.8 Å². The third-order valence-electron chi connectivity index (χ3n) is 10.7. The van der Waals surface area contributed by atoms with E-state index in [1.807, 2.05) is 18.2 Å². The largest absolute Gasteiger partial charge is 0.508 e. The normalized spacial score (nSPS) is 27.5. The zero-order valence-electron chi connectivity index (χ0n) is 24.8. The van der Waals surface area contributed by atoms with Crippen molar-refractivity contribution >= 4 is 27.5 Å². The average Bonchev–Trinajstić information content (AvgIpc) is 3.65. The molecule has 4 heterocycles. The van der Waals surface area contributed by atoms with Gasteiger partial charge >= 0.3 is 6.01 Å². The van der Waals surface area contributed by atoms with Crippen LogP contribution in [-0.2, 0) is 0 Å². The molecule has 3 saturated heterocycles. The summed E-state index contributed by atoms with van der Waals surface area (Å²) >= 11 is 0. The van der Waals surface area contributed by atoms with Crippen molar-refractivity contribution < 1.29 is 18.6 Å². The first-order valence-corrected chi connectivity index (χ1v) is 15.8. The molecule has 4 aromatic rings. The van der Waals surface area contributed by atoms with E-state index in [2.05, 4.69) is 26.8 Å². The van der Waals surface area contributed by atoms with Gasteiger partial charge in [0.05, 0.1) is 17.5 Å². The number of nitrogens with zero attached hydrogens (tertiary/aromatic N) is 5. The molecular weight excluding hydrogens is 572 g/mol. The lowest BCUT2D eigenvalue weighted by molar-refractivity contribution is 0.107. The number of phenolic OH excluding ortho intramolecular Hbond substituents is 1. The van der Waals surface area contributed by atoms with Crippen LogP contribution in [0.25, 0.3) is 32.8 Å². The predicted octanol–water partition coefficient (Wildman–Crippen LogP) is 6.22. The van der Waals surface area contributed by atoms with Gasteiger partial charge in [0.15, 0.2) is 5.82 Å². The number of fused-ring (bicyclic) bond motifs is 5. The van der Waals surface area contributed by atoms with Gasteiger partial charge in [-0.25, -0.2) is 8.78 Å². The monoisotopic (exact) mass is 605 g/mol. The van der Waals surface area contributed by atoms with Crippen LogP contribution in [0.3, 0.4) is 0 Å². The van der Waals surface area contributed by atoms with Crippen LogP contribution >= 0.6 is 0 Å². The summed E-state index contributed by atoms with van der Waals surface area (Å²) in [5.74, 6) is 3.16. The lowest BCUT2D eigenvalue weighted by Crippen LogP contribution is -2.44. The summed E-state index contributed by atoms with van der Waals surface area (Å²) in [5.41, 5.74) is 1.01. The highest BCUT2D eigenvalue weighted by molar-refractivity contribution is 6.04. The fourth-order valence-electron chi connectivity index (χ4n) is 8.64. The Morgan fingerprint density at radius 1 is 1.09 bits per heavy atom. The number of halogens is 2. The molecule has 3 aliphatic heterocycles. The zero-order valence-corrected chi connectivity index (χ0v) is 24.8. The van der Waals surface area contributed by atoms with Crippen LogP contribution in [0.4, 0.5) is 14.6 Å². The first-order chi connectivity index (χ1) is 21.9. The number of phenols is 1. The number of alkyl halides is 1. The smallest absolute Gasteiger partial charge is 0.319 e. The van der Waals surface area contributed by atoms with Crippen LogP contribution in [0.15, 0.2) is 42.5 Å². The summed E-state index contributed by atoms with van der Waals surface area (Å²) in [4.78, 5) is 13.8. The number of piperidine rings is 1. The van der Waals surface area contributed by atoms with Gasteiger partial charge in [-0.1, -0.05) is 24.1 Å². The van der Waals surface area contributed by atoms with Gasteiger partial charge in [-0.05, 0) is 79.3 Å². The number of aromatic nitrogens is 2. The number of hydrogen-bond acceptors (Lipinski definition) is 7. The van der Waals surface area contributed by atoms with Crippen molar-refractivity contribution in [3.8, 4) is 41.3 Å². The summed E-state index contributed by atoms with van der Waals surface area (Å²) in [6.45, 7) is 2.75. The highest BCUT2D eigenvalue weighted by Gasteiger charge is 2.49. The molecule has 3 aromatic carbocycles. The second-order valence-corrected chi connectivity index (χ2v) is 13.2. The highest BCUT2D eigenvalue weighted by atomic mass is 19.1. The fourth-order valence-corrected chi connectivity index (χ4v) is 8.64. The number of ether oxygens (including phenoxy) is 1. The van der Waals surface area contributed by atoms with E-state index in [0.717, 1.165) is 32.2 Å². The third kappa shape index (κ3) is 4.48. The maximum absolute atomic E-state index is 16.9. The van der Waals surface area contributed by atoms with Crippen molar-refractivity contribution in [1.82, 2.24) is 14.9 Å². The Bertz CT molecular complexity index is 1920. The molecule has 2 unspecified atom stereocenters. The maximum atomic E-state index is 16.9. The molecule has 1 aliphatic carbocycles. The van der Waals surface area contributed by atoms with Crippen molar-refractivity contribution in [2.24, 2.45) is 17.8 Å². The molecule has 4 aliphatic rings. The van der Waals surface area contributed by atoms with Crippen LogP contribution < -0.4 is 9.64 Å². The molecule has 8 rings (SSSR count). The first-order valence-electron chi connectivity index (χ1n) is 15.8. The molecule has 0 amide bonds. The third-order valence-corrected chi connectivity index (χ3v) is 10.7. The summed E-state index contributed by atoms with van der Waals surface area (Å²) in [7, 11) is 0. The van der Waals surface area contributed by atoms with Crippen LogP contribution in [0.5, 0.6) is 11.8 Å². The summed E-state index contributed by atoms with van der Waals surface area (Å²) in [6.07, 6.45) is 9.11. The van der Waals surface area contributed by atoms with Crippen molar-refractivity contribution in [2.75, 3.05) is 37.7 Å². The van der Waals surface area contributed by atoms with Gasteiger partial charge in [-0.2, -0.15) is 15.2 Å². The molecule has 9 heteroatoms. The van der Waals surface area contributed by atoms with E-state index in [1.54, 1.807) is 18.2 Å². The second-order valence-electron chi connectivity index (χ2n) is 13.2. The SMILES string of the molecule is C#Cc1cccc2cc(O)cc(-c3ccc4c(N5CC6CCC(C5)C6C#N)nc(OC[C@@]56CCCN5C[C@H](F)C6)nc4c3F)c12. The number of anilines is 1. The van der Waals surface area contributed by atoms with Gasteiger partial charge in [0.1, 0.15) is 29.9 Å². The predicted molar refractivity (Wildman–Crippen MR) is 168 cm³/mol. The molecule has 1 N–H and O–H groups in total. The molecule has 228 valence electrons. The summed E-state index contributed by atoms with van der Waals surface area (Å²) in [5, 5.41) is 22.3. The molecule has 0 spiro atoms. The fraction of sp³-hybridized carbons (Fsp3) is 0.417. The Balaban J connectivity index is 1.26. The first kappa shape index (κ1) is 28.0. The van der Waals surface area contributed by atoms with Crippen LogP contribution in [0.1, 0.15) is 37.7 Å². The molecule has 1 saturated carbocycles. The molecule has 0 radical (unpaired) electrons. The van der Waals surface area contributed by atoms with Gasteiger partial charge < -0.3 is 14.7 Å². The lowest BCUT2D eigenvalue weighted by Gasteiger charge is -2.36. The van der Waals surface area contributed by atoms with E-state index in [-0.39, 0.29) is 47.2 Å². The van der Waals surface area contributed by atoms with Crippen LogP contribution in [0, 0.1) is 47.2 Å². The number of aromatic hydroxyl groups is 1. The second kappa shape index (κ2) is 10.6. The molecule has 7 nitrogen and oxygen atoms in total. The highest BCUT2D eigenvalue weighted by Crippen LogP contribution is 2.45. The Morgan fingerprint density at radius 3 is 2.69 bits per heavy atom. The quantitative estimate of drug-likeness (QED) is 0.271. The Hall–Kier alpha value is -4.47. The molecule has 45 heavy (non-hydrogen) atoms. The number of terminal acetylenes is 1. The van der Waals surface area contributed by atoms with Crippen molar-refractivity contribution in [3.05, 3.63) is 53.8 Å². The van der Waals surface area contributed by atoms with E-state index in [4.69, 9.17) is 16.1 Å². The minimum atomic E-state index is -0.899. The minimum Gasteiger partial charge on any atom is -0.508 e. The maximum Gasteiger partial charge on any atom is 0.319 e. The Morgan fingerprint density at radius 2 is 1.91 bits per heavy atom. The van der Waals surface area contributed by atoms with Crippen LogP contribution in [-0.4, -0.2) is 64.5 Å². The lowest BCUT2D eigenvalue weighted by atomic mass is 9.86. The van der Waals surface area contributed by atoms with Gasteiger partial charge in [0.2, 0.25) is 0 Å². The number of hydrogen-bond donors (Lipinski definition) is 1. The Kier molecular flexibility index (Phi) is 6.58. The topological polar surface area (TPSA) is 85.5 Å². The van der Waals surface area contributed by atoms with E-state index < -0.39 is 17.5 Å². The standard InChI is InChI=1S/C36H33F2N5O2/c1-2-21-5-3-6-22-13-26(44)14-29(31(21)22)27-9-10-28-33(32(27)38)40-35(45-20-36-11-4-12-43(36)19-25(37)15-36)41-34(28)42-17-23-7-8-24(18-42)30(23)16-39/h1,3,5-6,9-10,13-14,23-25,30,44H,4,7-8,11-12,15,17-20H2/t23?,24?,25-,30?,36+/m1/s1. The van der Waals surface area contributed by atoms with Gasteiger partial charge in [0.25, 0.3) is 0 Å². The van der Waals surface area contributed by atoms with E-state index in [9.17, 15) is 14.8 Å². The van der Waals surface area contributed by atoms with E-state index in [0.29, 0.717) is 59.2 Å². The Labute approximate surface area is 260 Å². The zero-order chi connectivity index (χ0) is 30.9. The average molecular weight is 606 g/mol. The minimum absolute atomic E-state index is 0.00230. The van der Waals surface area contributed by atoms with Gasteiger partial charge in [-0.15, -0.1) is 6.42 Å². The number of benzene rings is 3. The summed E-state index contributed by atoms with van der Waals surface area (Å²) < 4.78 is 37.6. The van der Waals surface area contributed by atoms with Crippen molar-refractivity contribution in [3.63, 3.8) is 0 Å². The molecule has 1 aromatic heterocycles. The van der Waals surface area contributed by atoms with E-state index >= 15 is 4.39 Å². The number of rotatable bonds is 5. The molecule has 4 fully saturated rings. The van der Waals surface area contributed by atoms with Gasteiger partial charge in [0, 0.05) is 48.0 Å².